The van der Waals surface area contributed by atoms with E-state index in [-0.39, 0.29) is 22.8 Å². The summed E-state index contributed by atoms with van der Waals surface area (Å²) in [6.07, 6.45) is 4.67. The fourth-order valence-electron chi connectivity index (χ4n) is 4.25. The number of hydrogen-bond acceptors (Lipinski definition) is 6. The zero-order valence-corrected chi connectivity index (χ0v) is 22.5. The predicted octanol–water partition coefficient (Wildman–Crippen LogP) is 5.49. The minimum atomic E-state index is -0.447. The van der Waals surface area contributed by atoms with Gasteiger partial charge in [-0.3, -0.25) is 19.3 Å². The van der Waals surface area contributed by atoms with Crippen molar-refractivity contribution in [3.63, 3.8) is 0 Å². The Balaban J connectivity index is 1.34. The lowest BCUT2D eigenvalue weighted by Crippen LogP contribution is -2.44. The van der Waals surface area contributed by atoms with Crippen LogP contribution in [0.15, 0.2) is 53.4 Å². The number of imide groups is 1. The third kappa shape index (κ3) is 6.95. The Hall–Kier alpha value is -3.26. The molecule has 2 heterocycles. The average molecular weight is 523 g/mol. The van der Waals surface area contributed by atoms with Gasteiger partial charge in [-0.15, -0.1) is 0 Å². The highest BCUT2D eigenvalue weighted by atomic mass is 32.2. The molecule has 2 fully saturated rings. The Labute approximate surface area is 222 Å². The van der Waals surface area contributed by atoms with Crippen molar-refractivity contribution in [2.75, 3.05) is 32.8 Å². The van der Waals surface area contributed by atoms with E-state index in [0.29, 0.717) is 37.6 Å². The van der Waals surface area contributed by atoms with E-state index in [4.69, 9.17) is 9.47 Å². The second kappa shape index (κ2) is 11.9. The van der Waals surface area contributed by atoms with Crippen LogP contribution in [0.5, 0.6) is 11.5 Å². The fourth-order valence-corrected chi connectivity index (χ4v) is 5.08. The molecule has 0 radical (unpaired) electrons. The zero-order valence-electron chi connectivity index (χ0n) is 21.7. The molecule has 2 aromatic rings. The van der Waals surface area contributed by atoms with Crippen LogP contribution in [0.2, 0.25) is 0 Å². The van der Waals surface area contributed by atoms with Crippen LogP contribution >= 0.6 is 11.8 Å². The maximum atomic E-state index is 12.9. The monoisotopic (exact) mass is 522 g/mol. The van der Waals surface area contributed by atoms with Gasteiger partial charge in [0.15, 0.2) is 0 Å². The van der Waals surface area contributed by atoms with E-state index >= 15 is 0 Å². The summed E-state index contributed by atoms with van der Waals surface area (Å²) in [5, 5.41) is -0.425. The number of hydrogen-bond donors (Lipinski definition) is 0. The number of carbonyl (C=O) groups excluding carboxylic acids is 3. The second-order valence-electron chi connectivity index (χ2n) is 10.2. The zero-order chi connectivity index (χ0) is 26.4. The first kappa shape index (κ1) is 26.8. The third-order valence-corrected chi connectivity index (χ3v) is 7.32. The Bertz CT molecular complexity index is 1160. The van der Waals surface area contributed by atoms with Crippen LogP contribution in [0.4, 0.5) is 4.79 Å². The first-order valence-electron chi connectivity index (χ1n) is 12.7. The molecule has 0 N–H and O–H groups in total. The molecule has 0 saturated carbocycles. The lowest BCUT2D eigenvalue weighted by molar-refractivity contribution is -0.136. The molecule has 37 heavy (non-hydrogen) atoms. The molecule has 0 aliphatic carbocycles. The van der Waals surface area contributed by atoms with Crippen LogP contribution in [0, 0.1) is 0 Å². The molecule has 3 amide bonds. The summed E-state index contributed by atoms with van der Waals surface area (Å²) >= 11 is 0.850. The van der Waals surface area contributed by atoms with Gasteiger partial charge in [-0.25, -0.2) is 0 Å². The normalized spacial score (nSPS) is 17.4. The van der Waals surface area contributed by atoms with E-state index in [1.54, 1.807) is 11.0 Å². The summed E-state index contributed by atoms with van der Waals surface area (Å²) in [6.45, 7) is 8.34. The predicted molar refractivity (Wildman–Crippen MR) is 146 cm³/mol. The van der Waals surface area contributed by atoms with Gasteiger partial charge in [0.2, 0.25) is 5.91 Å². The highest BCUT2D eigenvalue weighted by Gasteiger charge is 2.37. The van der Waals surface area contributed by atoms with E-state index in [1.807, 2.05) is 36.4 Å². The molecule has 2 aliphatic rings. The molecule has 196 valence electrons. The van der Waals surface area contributed by atoms with Crippen LogP contribution < -0.4 is 9.47 Å². The van der Waals surface area contributed by atoms with Crippen molar-refractivity contribution in [2.24, 2.45) is 0 Å². The Morgan fingerprint density at radius 2 is 1.62 bits per heavy atom. The van der Waals surface area contributed by atoms with E-state index in [0.717, 1.165) is 41.7 Å². The number of carbonyl (C=O) groups is 3. The molecule has 8 heteroatoms. The van der Waals surface area contributed by atoms with Crippen LogP contribution in [-0.4, -0.2) is 59.7 Å². The summed E-state index contributed by atoms with van der Waals surface area (Å²) < 4.78 is 11.7. The number of piperidine rings is 1. The van der Waals surface area contributed by atoms with Gasteiger partial charge in [0.05, 0.1) is 4.91 Å². The van der Waals surface area contributed by atoms with E-state index in [2.05, 4.69) is 32.9 Å². The minimum absolute atomic E-state index is 0.0866. The number of nitrogens with zero attached hydrogens (tertiary/aromatic N) is 2. The van der Waals surface area contributed by atoms with Crippen LogP contribution in [-0.2, 0) is 15.0 Å². The summed E-state index contributed by atoms with van der Waals surface area (Å²) in [5.74, 6) is 0.736. The Morgan fingerprint density at radius 3 is 2.32 bits per heavy atom. The summed E-state index contributed by atoms with van der Waals surface area (Å²) in [4.78, 5) is 41.1. The molecule has 2 aromatic carbocycles. The average Bonchev–Trinajstić information content (AvgIpc) is 3.15. The topological polar surface area (TPSA) is 76.2 Å². The minimum Gasteiger partial charge on any atom is -0.490 e. The molecule has 2 aliphatic heterocycles. The van der Waals surface area contributed by atoms with Crippen molar-refractivity contribution in [1.29, 1.82) is 0 Å². The maximum absolute atomic E-state index is 12.9. The van der Waals surface area contributed by atoms with Crippen molar-refractivity contribution in [3.05, 3.63) is 64.6 Å². The molecule has 0 aromatic heterocycles. The van der Waals surface area contributed by atoms with Crippen molar-refractivity contribution < 1.29 is 23.9 Å². The standard InChI is InChI=1S/C29H34N2O5S/c1-29(2,3)22-11-13-23(14-12-22)35-17-18-36-24-10-6-5-9-21(24)19-25-27(33)31(28(34)37-25)20-26(32)30-15-7-4-8-16-30/h5-6,9-14,19H,4,7-8,15-18,20H2,1-3H3/b25-19-. The maximum Gasteiger partial charge on any atom is 0.294 e. The summed E-state index contributed by atoms with van der Waals surface area (Å²) in [5.41, 5.74) is 2.01. The Kier molecular flexibility index (Phi) is 8.59. The van der Waals surface area contributed by atoms with Gasteiger partial charge >= 0.3 is 0 Å². The van der Waals surface area contributed by atoms with Crippen molar-refractivity contribution >= 4 is 34.9 Å². The van der Waals surface area contributed by atoms with Gasteiger partial charge in [-0.05, 0) is 66.3 Å². The van der Waals surface area contributed by atoms with Crippen molar-refractivity contribution in [2.45, 2.75) is 45.4 Å². The van der Waals surface area contributed by atoms with Crippen molar-refractivity contribution in [3.8, 4) is 11.5 Å². The van der Waals surface area contributed by atoms with Gasteiger partial charge < -0.3 is 14.4 Å². The van der Waals surface area contributed by atoms with E-state index < -0.39 is 11.1 Å². The highest BCUT2D eigenvalue weighted by molar-refractivity contribution is 8.18. The van der Waals surface area contributed by atoms with Gasteiger partial charge in [0, 0.05) is 18.7 Å². The SMILES string of the molecule is CC(C)(C)c1ccc(OCCOc2ccccc2/C=C2\SC(=O)N(CC(=O)N3CCCCC3)C2=O)cc1. The first-order chi connectivity index (χ1) is 17.7. The van der Waals surface area contributed by atoms with Crippen LogP contribution in [0.25, 0.3) is 6.08 Å². The molecule has 2 saturated heterocycles. The number of amides is 3. The second-order valence-corrected chi connectivity index (χ2v) is 11.2. The lowest BCUT2D eigenvalue weighted by atomic mass is 9.87. The molecule has 4 rings (SSSR count). The molecular weight excluding hydrogens is 488 g/mol. The number of benzene rings is 2. The fraction of sp³-hybridized carbons (Fsp3) is 0.414. The van der Waals surface area contributed by atoms with Crippen molar-refractivity contribution in [1.82, 2.24) is 9.80 Å². The summed E-state index contributed by atoms with van der Waals surface area (Å²) in [6, 6.07) is 15.4. The molecule has 0 bridgehead atoms. The molecule has 7 nitrogen and oxygen atoms in total. The number of rotatable bonds is 8. The smallest absolute Gasteiger partial charge is 0.294 e. The molecule has 0 spiro atoms. The van der Waals surface area contributed by atoms with Gasteiger partial charge in [-0.2, -0.15) is 0 Å². The Morgan fingerprint density at radius 1 is 0.946 bits per heavy atom. The third-order valence-electron chi connectivity index (χ3n) is 6.41. The number of para-hydroxylation sites is 1. The van der Waals surface area contributed by atoms with Gasteiger partial charge in [0.25, 0.3) is 11.1 Å². The van der Waals surface area contributed by atoms with Gasteiger partial charge in [0.1, 0.15) is 31.3 Å². The van der Waals surface area contributed by atoms with E-state index in [1.165, 1.54) is 5.56 Å². The molecular formula is C29H34N2O5S. The van der Waals surface area contributed by atoms with Gasteiger partial charge in [-0.1, -0.05) is 51.1 Å². The quantitative estimate of drug-likeness (QED) is 0.337. The summed E-state index contributed by atoms with van der Waals surface area (Å²) in [7, 11) is 0. The van der Waals surface area contributed by atoms with Crippen LogP contribution in [0.1, 0.15) is 51.2 Å². The highest BCUT2D eigenvalue weighted by Crippen LogP contribution is 2.34. The largest absolute Gasteiger partial charge is 0.490 e. The van der Waals surface area contributed by atoms with Crippen LogP contribution in [0.3, 0.4) is 0 Å². The first-order valence-corrected chi connectivity index (χ1v) is 13.5. The number of thioether (sulfide) groups is 1. The van der Waals surface area contributed by atoms with E-state index in [9.17, 15) is 14.4 Å². The molecule has 0 unspecified atom stereocenters. The number of likely N-dealkylation sites (tertiary alicyclic amines) is 1. The number of ether oxygens (including phenoxy) is 2. The molecule has 0 atom stereocenters. The lowest BCUT2D eigenvalue weighted by Gasteiger charge is -2.27.